The van der Waals surface area contributed by atoms with Crippen LogP contribution in [-0.4, -0.2) is 17.1 Å². The monoisotopic (exact) mass is 265 g/mol. The van der Waals surface area contributed by atoms with Gasteiger partial charge in [0.25, 0.3) is 5.56 Å². The fourth-order valence-corrected chi connectivity index (χ4v) is 2.05. The topological polar surface area (TPSA) is 48.3 Å². The molecule has 4 nitrogen and oxygen atoms in total. The van der Waals surface area contributed by atoms with E-state index in [-0.39, 0.29) is 12.1 Å². The number of esters is 1. The van der Waals surface area contributed by atoms with Gasteiger partial charge < -0.3 is 4.74 Å². The molecule has 0 spiro atoms. The molecule has 0 fully saturated rings. The van der Waals surface area contributed by atoms with Gasteiger partial charge in [-0.15, -0.1) is 0 Å². The maximum Gasteiger partial charge on any atom is 0.326 e. The van der Waals surface area contributed by atoms with Gasteiger partial charge in [-0.05, 0) is 13.0 Å². The number of para-hydroxylation sites is 1. The molecule has 1 aromatic heterocycles. The van der Waals surface area contributed by atoms with E-state index in [1.54, 1.807) is 25.1 Å². The van der Waals surface area contributed by atoms with Gasteiger partial charge in [-0.3, -0.25) is 14.2 Å². The van der Waals surface area contributed by atoms with E-state index in [1.165, 1.54) is 10.6 Å². The van der Waals surface area contributed by atoms with Gasteiger partial charge >= 0.3 is 5.97 Å². The Bertz CT molecular complexity index is 648. The Morgan fingerprint density at radius 3 is 2.83 bits per heavy atom. The Kier molecular flexibility index (Phi) is 3.67. The van der Waals surface area contributed by atoms with Crippen LogP contribution in [0.3, 0.4) is 0 Å². The first-order valence-electron chi connectivity index (χ1n) is 5.57. The van der Waals surface area contributed by atoms with Crippen molar-refractivity contribution >= 4 is 28.5 Å². The summed E-state index contributed by atoms with van der Waals surface area (Å²) in [6, 6.07) is 8.48. The van der Waals surface area contributed by atoms with E-state index in [0.717, 1.165) is 5.39 Å². The number of fused-ring (bicyclic) bond motifs is 1. The van der Waals surface area contributed by atoms with Crippen LogP contribution in [0.4, 0.5) is 0 Å². The summed E-state index contributed by atoms with van der Waals surface area (Å²) in [5.74, 6) is -0.438. The van der Waals surface area contributed by atoms with Crippen molar-refractivity contribution in [3.8, 4) is 0 Å². The molecule has 0 saturated carbocycles. The number of hydrogen-bond donors (Lipinski definition) is 0. The van der Waals surface area contributed by atoms with E-state index in [9.17, 15) is 9.59 Å². The summed E-state index contributed by atoms with van der Waals surface area (Å²) in [6.07, 6.45) is 0. The molecule has 2 rings (SSSR count). The largest absolute Gasteiger partial charge is 0.465 e. The minimum atomic E-state index is -0.438. The highest BCUT2D eigenvalue weighted by Crippen LogP contribution is 2.20. The van der Waals surface area contributed by atoms with Gasteiger partial charge in [0.2, 0.25) is 0 Å². The van der Waals surface area contributed by atoms with Crippen LogP contribution in [0.2, 0.25) is 5.02 Å². The van der Waals surface area contributed by atoms with Crippen molar-refractivity contribution < 1.29 is 9.53 Å². The number of ether oxygens (including phenoxy) is 1. The Hall–Kier alpha value is -1.81. The molecule has 0 aliphatic rings. The second-order valence-corrected chi connectivity index (χ2v) is 4.15. The zero-order valence-corrected chi connectivity index (χ0v) is 10.6. The van der Waals surface area contributed by atoms with E-state index in [0.29, 0.717) is 17.1 Å². The number of nitrogens with zero attached hydrogens (tertiary/aromatic N) is 1. The van der Waals surface area contributed by atoms with E-state index < -0.39 is 5.97 Å². The minimum absolute atomic E-state index is 0.107. The summed E-state index contributed by atoms with van der Waals surface area (Å²) >= 11 is 6.00. The normalized spacial score (nSPS) is 10.6. The second kappa shape index (κ2) is 5.23. The molecule has 0 amide bonds. The fraction of sp³-hybridized carbons (Fsp3) is 0.231. The number of pyridine rings is 1. The first kappa shape index (κ1) is 12.6. The second-order valence-electron chi connectivity index (χ2n) is 3.74. The first-order valence-corrected chi connectivity index (χ1v) is 5.95. The van der Waals surface area contributed by atoms with Gasteiger partial charge in [0.05, 0.1) is 17.1 Å². The number of carbonyl (C=O) groups excluding carboxylic acids is 1. The number of rotatable bonds is 3. The molecule has 0 aliphatic heterocycles. The molecule has 1 heterocycles. The fourth-order valence-electron chi connectivity index (χ4n) is 1.79. The highest BCUT2D eigenvalue weighted by atomic mass is 35.5. The highest BCUT2D eigenvalue weighted by Gasteiger charge is 2.10. The average Bonchev–Trinajstić information content (AvgIpc) is 2.35. The SMILES string of the molecule is CCOC(=O)Cn1c(=O)cc(Cl)c2ccccc21. The number of halogens is 1. The predicted octanol–water partition coefficient (Wildman–Crippen LogP) is 2.22. The Labute approximate surface area is 109 Å². The van der Waals surface area contributed by atoms with Gasteiger partial charge in [-0.25, -0.2) is 0 Å². The lowest BCUT2D eigenvalue weighted by molar-refractivity contribution is -0.143. The van der Waals surface area contributed by atoms with Crippen molar-refractivity contribution in [1.29, 1.82) is 0 Å². The van der Waals surface area contributed by atoms with E-state index >= 15 is 0 Å². The molecule has 0 bridgehead atoms. The van der Waals surface area contributed by atoms with Gasteiger partial charge in [0.1, 0.15) is 6.54 Å². The maximum atomic E-state index is 11.9. The Balaban J connectivity index is 2.56. The number of aromatic nitrogens is 1. The summed E-state index contributed by atoms with van der Waals surface area (Å²) in [5, 5.41) is 1.12. The molecule has 94 valence electrons. The zero-order valence-electron chi connectivity index (χ0n) is 9.85. The summed E-state index contributed by atoms with van der Waals surface area (Å²) in [6.45, 7) is 1.91. The van der Waals surface area contributed by atoms with Crippen molar-refractivity contribution in [3.05, 3.63) is 45.7 Å². The lowest BCUT2D eigenvalue weighted by atomic mass is 10.2. The minimum Gasteiger partial charge on any atom is -0.465 e. The highest BCUT2D eigenvalue weighted by molar-refractivity contribution is 6.35. The molecule has 2 aromatic rings. The Morgan fingerprint density at radius 1 is 1.39 bits per heavy atom. The van der Waals surface area contributed by atoms with E-state index in [4.69, 9.17) is 16.3 Å². The van der Waals surface area contributed by atoms with Crippen molar-refractivity contribution in [2.24, 2.45) is 0 Å². The van der Waals surface area contributed by atoms with Gasteiger partial charge in [0, 0.05) is 11.5 Å². The molecule has 5 heteroatoms. The first-order chi connectivity index (χ1) is 8.63. The molecule has 0 unspecified atom stereocenters. The van der Waals surface area contributed by atoms with Crippen molar-refractivity contribution in [3.63, 3.8) is 0 Å². The molecule has 0 N–H and O–H groups in total. The van der Waals surface area contributed by atoms with Gasteiger partial charge in [0.15, 0.2) is 0 Å². The summed E-state index contributed by atoms with van der Waals surface area (Å²) in [7, 11) is 0. The summed E-state index contributed by atoms with van der Waals surface area (Å²) < 4.78 is 6.21. The van der Waals surface area contributed by atoms with Crippen LogP contribution in [-0.2, 0) is 16.1 Å². The molecule has 0 radical (unpaired) electrons. The van der Waals surface area contributed by atoms with Crippen LogP contribution in [0.1, 0.15) is 6.92 Å². The van der Waals surface area contributed by atoms with Crippen LogP contribution < -0.4 is 5.56 Å². The van der Waals surface area contributed by atoms with Crippen molar-refractivity contribution in [2.75, 3.05) is 6.61 Å². The predicted molar refractivity (Wildman–Crippen MR) is 69.9 cm³/mol. The van der Waals surface area contributed by atoms with Crippen LogP contribution in [0.5, 0.6) is 0 Å². The van der Waals surface area contributed by atoms with Crippen molar-refractivity contribution in [1.82, 2.24) is 4.57 Å². The third kappa shape index (κ3) is 2.38. The Morgan fingerprint density at radius 2 is 2.11 bits per heavy atom. The van der Waals surface area contributed by atoms with E-state index in [1.807, 2.05) is 6.07 Å². The van der Waals surface area contributed by atoms with Gasteiger partial charge in [-0.2, -0.15) is 0 Å². The summed E-state index contributed by atoms with van der Waals surface area (Å²) in [4.78, 5) is 23.3. The molecular formula is C13H12ClNO3. The number of carbonyl (C=O) groups is 1. The van der Waals surface area contributed by atoms with E-state index in [2.05, 4.69) is 0 Å². The smallest absolute Gasteiger partial charge is 0.326 e. The lowest BCUT2D eigenvalue weighted by Crippen LogP contribution is -2.25. The number of hydrogen-bond acceptors (Lipinski definition) is 3. The van der Waals surface area contributed by atoms with Crippen LogP contribution in [0.15, 0.2) is 35.1 Å². The quantitative estimate of drug-likeness (QED) is 0.800. The lowest BCUT2D eigenvalue weighted by Gasteiger charge is -2.10. The molecule has 0 saturated heterocycles. The van der Waals surface area contributed by atoms with Crippen molar-refractivity contribution in [2.45, 2.75) is 13.5 Å². The molecule has 1 aromatic carbocycles. The molecule has 0 aliphatic carbocycles. The van der Waals surface area contributed by atoms with Gasteiger partial charge in [-0.1, -0.05) is 29.8 Å². The summed E-state index contributed by atoms with van der Waals surface area (Å²) in [5.41, 5.74) is 0.315. The maximum absolute atomic E-state index is 11.9. The standard InChI is InChI=1S/C13H12ClNO3/c1-2-18-13(17)8-15-11-6-4-3-5-9(11)10(14)7-12(15)16/h3-7H,2,8H2,1H3. The van der Waals surface area contributed by atoms with Crippen LogP contribution in [0.25, 0.3) is 10.9 Å². The van der Waals surface area contributed by atoms with Crippen LogP contribution in [0, 0.1) is 0 Å². The molecule has 18 heavy (non-hydrogen) atoms. The number of benzene rings is 1. The third-order valence-electron chi connectivity index (χ3n) is 2.56. The molecule has 0 atom stereocenters. The average molecular weight is 266 g/mol. The zero-order chi connectivity index (χ0) is 13.1. The third-order valence-corrected chi connectivity index (χ3v) is 2.87. The van der Waals surface area contributed by atoms with Crippen LogP contribution >= 0.6 is 11.6 Å². The molecular weight excluding hydrogens is 254 g/mol.